The van der Waals surface area contributed by atoms with Crippen molar-refractivity contribution in [1.29, 1.82) is 0 Å². The van der Waals surface area contributed by atoms with Crippen LogP contribution in [0.3, 0.4) is 0 Å². The molecular formula is C47H31N5. The van der Waals surface area contributed by atoms with E-state index in [1.807, 2.05) is 36.4 Å². The molecule has 52 heavy (non-hydrogen) atoms. The monoisotopic (exact) mass is 665 g/mol. The smallest absolute Gasteiger partial charge is 0.164 e. The van der Waals surface area contributed by atoms with Crippen LogP contribution in [0.4, 0.5) is 0 Å². The maximum absolute atomic E-state index is 5.38. The van der Waals surface area contributed by atoms with E-state index in [1.54, 1.807) is 12.2 Å². The first-order chi connectivity index (χ1) is 25.7. The number of aromatic nitrogens is 5. The highest BCUT2D eigenvalue weighted by atomic mass is 15.1. The fourth-order valence-corrected chi connectivity index (χ4v) is 8.14. The maximum atomic E-state index is 5.38. The molecule has 10 rings (SSSR count). The van der Waals surface area contributed by atoms with Crippen LogP contribution >= 0.6 is 0 Å². The number of hydrogen-bond donors (Lipinski definition) is 0. The van der Waals surface area contributed by atoms with Crippen molar-refractivity contribution in [3.63, 3.8) is 0 Å². The normalized spacial score (nSPS) is 15.3. The third kappa shape index (κ3) is 4.23. The highest BCUT2D eigenvalue weighted by molar-refractivity contribution is 5.92. The molecule has 1 spiro atoms. The first-order valence-electron chi connectivity index (χ1n) is 17.4. The summed E-state index contributed by atoms with van der Waals surface area (Å²) in [6.07, 6.45) is 5.33. The van der Waals surface area contributed by atoms with E-state index >= 15 is 0 Å². The quantitative estimate of drug-likeness (QED) is 0.166. The Morgan fingerprint density at radius 3 is 1.96 bits per heavy atom. The SMILES string of the molecule is C=C/C=C(\C=C)c1nc(-c2ccccc2)nc(-c2ccc(-c3ccc4c(c3)C3(c5ccccc5-4)c4ccccc4-n4c3nc3ccccc34)cc2)n1. The Morgan fingerprint density at radius 1 is 0.538 bits per heavy atom. The van der Waals surface area contributed by atoms with E-state index in [4.69, 9.17) is 19.9 Å². The minimum Gasteiger partial charge on any atom is -0.295 e. The van der Waals surface area contributed by atoms with E-state index in [-0.39, 0.29) is 0 Å². The summed E-state index contributed by atoms with van der Waals surface area (Å²) in [6, 6.07) is 51.4. The number of para-hydroxylation sites is 3. The van der Waals surface area contributed by atoms with Crippen LogP contribution in [-0.4, -0.2) is 24.5 Å². The Kier molecular flexibility index (Phi) is 6.63. The summed E-state index contributed by atoms with van der Waals surface area (Å²) in [4.78, 5) is 20.0. The van der Waals surface area contributed by atoms with Crippen molar-refractivity contribution in [1.82, 2.24) is 24.5 Å². The Hall–Kier alpha value is -6.98. The van der Waals surface area contributed by atoms with Gasteiger partial charge in [-0.1, -0.05) is 153 Å². The van der Waals surface area contributed by atoms with E-state index in [0.717, 1.165) is 44.7 Å². The van der Waals surface area contributed by atoms with Crippen LogP contribution in [0.15, 0.2) is 177 Å². The number of fused-ring (bicyclic) bond motifs is 12. The lowest BCUT2D eigenvalue weighted by Gasteiger charge is -2.27. The summed E-state index contributed by atoms with van der Waals surface area (Å²) in [5.41, 5.74) is 13.8. The van der Waals surface area contributed by atoms with Crippen molar-refractivity contribution in [2.75, 3.05) is 0 Å². The molecule has 0 saturated heterocycles. The van der Waals surface area contributed by atoms with Gasteiger partial charge in [-0.15, -0.1) is 0 Å². The van der Waals surface area contributed by atoms with E-state index in [9.17, 15) is 0 Å². The van der Waals surface area contributed by atoms with Gasteiger partial charge in [0.25, 0.3) is 0 Å². The summed E-state index contributed by atoms with van der Waals surface area (Å²) >= 11 is 0. The van der Waals surface area contributed by atoms with E-state index in [1.165, 1.54) is 33.5 Å². The number of benzene rings is 6. The van der Waals surface area contributed by atoms with E-state index in [2.05, 4.69) is 133 Å². The minimum absolute atomic E-state index is 0.547. The second-order valence-electron chi connectivity index (χ2n) is 13.1. The molecule has 2 aliphatic rings. The van der Waals surface area contributed by atoms with Gasteiger partial charge < -0.3 is 0 Å². The second kappa shape index (κ2) is 11.5. The molecule has 1 atom stereocenters. The molecule has 3 heterocycles. The number of imidazole rings is 1. The first-order valence-corrected chi connectivity index (χ1v) is 17.4. The number of nitrogens with zero attached hydrogens (tertiary/aromatic N) is 5. The molecule has 1 aliphatic heterocycles. The zero-order chi connectivity index (χ0) is 34.8. The number of hydrogen-bond acceptors (Lipinski definition) is 4. The molecule has 1 aliphatic carbocycles. The number of rotatable bonds is 6. The van der Waals surface area contributed by atoms with E-state index in [0.29, 0.717) is 17.5 Å². The van der Waals surface area contributed by atoms with Crippen molar-refractivity contribution in [3.8, 4) is 50.7 Å². The number of allylic oxidation sites excluding steroid dienone is 4. The lowest BCUT2D eigenvalue weighted by atomic mass is 9.72. The van der Waals surface area contributed by atoms with Crippen LogP contribution in [0, 0.1) is 0 Å². The van der Waals surface area contributed by atoms with Gasteiger partial charge in [0.2, 0.25) is 0 Å². The zero-order valence-electron chi connectivity index (χ0n) is 28.2. The summed E-state index contributed by atoms with van der Waals surface area (Å²) in [5, 5.41) is 0. The van der Waals surface area contributed by atoms with Gasteiger partial charge in [-0.3, -0.25) is 4.57 Å². The summed E-state index contributed by atoms with van der Waals surface area (Å²) in [6.45, 7) is 7.85. The molecule has 0 radical (unpaired) electrons. The van der Waals surface area contributed by atoms with Crippen LogP contribution in [0.5, 0.6) is 0 Å². The fraction of sp³-hybridized carbons (Fsp3) is 0.0213. The topological polar surface area (TPSA) is 56.5 Å². The molecule has 2 aromatic heterocycles. The third-order valence-electron chi connectivity index (χ3n) is 10.4. The van der Waals surface area contributed by atoms with Gasteiger partial charge in [0.05, 0.1) is 16.7 Å². The molecule has 0 saturated carbocycles. The highest BCUT2D eigenvalue weighted by Crippen LogP contribution is 2.60. The molecule has 1 unspecified atom stereocenters. The van der Waals surface area contributed by atoms with Gasteiger partial charge in [0, 0.05) is 16.7 Å². The highest BCUT2D eigenvalue weighted by Gasteiger charge is 2.54. The van der Waals surface area contributed by atoms with Crippen LogP contribution in [0.2, 0.25) is 0 Å². The third-order valence-corrected chi connectivity index (χ3v) is 10.4. The maximum Gasteiger partial charge on any atom is 0.164 e. The first kappa shape index (κ1) is 29.9. The second-order valence-corrected chi connectivity index (χ2v) is 13.1. The van der Waals surface area contributed by atoms with Gasteiger partial charge >= 0.3 is 0 Å². The molecule has 5 heteroatoms. The van der Waals surface area contributed by atoms with Crippen molar-refractivity contribution < 1.29 is 0 Å². The van der Waals surface area contributed by atoms with Crippen LogP contribution < -0.4 is 0 Å². The van der Waals surface area contributed by atoms with Crippen molar-refractivity contribution >= 4 is 16.6 Å². The summed E-state index contributed by atoms with van der Waals surface area (Å²) in [5.74, 6) is 2.79. The van der Waals surface area contributed by atoms with E-state index < -0.39 is 5.41 Å². The largest absolute Gasteiger partial charge is 0.295 e. The summed E-state index contributed by atoms with van der Waals surface area (Å²) < 4.78 is 2.37. The lowest BCUT2D eigenvalue weighted by molar-refractivity contribution is 0.738. The Labute approximate surface area is 301 Å². The molecule has 0 bridgehead atoms. The Morgan fingerprint density at radius 2 is 1.17 bits per heavy atom. The molecular weight excluding hydrogens is 635 g/mol. The standard InChI is InChI=1S/C47H31N5/c1-3-14-30(4-2)43-49-44(32-15-6-5-7-16-32)51-45(50-43)33-25-23-31(24-26-33)34-27-28-36-35-17-8-9-18-37(35)47(39(36)29-34)38-19-10-12-21-41(38)52-42-22-13-11-20-40(42)48-46(47)52/h3-29H,1-2H2/b30-14+. The zero-order valence-corrected chi connectivity index (χ0v) is 28.2. The predicted molar refractivity (Wildman–Crippen MR) is 210 cm³/mol. The molecule has 0 N–H and O–H groups in total. The van der Waals surface area contributed by atoms with Crippen LogP contribution in [0.25, 0.3) is 67.3 Å². The minimum atomic E-state index is -0.547. The summed E-state index contributed by atoms with van der Waals surface area (Å²) in [7, 11) is 0. The Balaban J connectivity index is 1.12. The van der Waals surface area contributed by atoms with Crippen molar-refractivity contribution in [2.45, 2.75) is 5.41 Å². The molecule has 6 aromatic carbocycles. The molecule has 0 amide bonds. The van der Waals surface area contributed by atoms with Crippen LogP contribution in [-0.2, 0) is 5.41 Å². The van der Waals surface area contributed by atoms with Crippen molar-refractivity contribution in [2.24, 2.45) is 0 Å². The predicted octanol–water partition coefficient (Wildman–Crippen LogP) is 10.6. The van der Waals surface area contributed by atoms with Gasteiger partial charge in [0.1, 0.15) is 11.2 Å². The van der Waals surface area contributed by atoms with Gasteiger partial charge in [0.15, 0.2) is 17.5 Å². The molecule has 5 nitrogen and oxygen atoms in total. The average molecular weight is 666 g/mol. The molecule has 0 fully saturated rings. The fourth-order valence-electron chi connectivity index (χ4n) is 8.14. The van der Waals surface area contributed by atoms with Gasteiger partial charge in [-0.2, -0.15) is 0 Å². The Bertz CT molecular complexity index is 2770. The lowest BCUT2D eigenvalue weighted by Crippen LogP contribution is -2.27. The average Bonchev–Trinajstić information content (AvgIpc) is 3.83. The van der Waals surface area contributed by atoms with Gasteiger partial charge in [-0.05, 0) is 63.2 Å². The van der Waals surface area contributed by atoms with Crippen molar-refractivity contribution in [3.05, 3.63) is 205 Å². The van der Waals surface area contributed by atoms with Gasteiger partial charge in [-0.25, -0.2) is 19.9 Å². The molecule has 244 valence electrons. The van der Waals surface area contributed by atoms with Crippen LogP contribution in [0.1, 0.15) is 28.3 Å². The molecule has 8 aromatic rings.